The number of hydrogen-bond donors (Lipinski definition) is 2. The number of anilines is 3. The lowest BCUT2D eigenvalue weighted by atomic mass is 9.45. The first kappa shape index (κ1) is 19.5. The summed E-state index contributed by atoms with van der Waals surface area (Å²) in [6, 6.07) is 4.63. The van der Waals surface area contributed by atoms with Gasteiger partial charge in [0, 0.05) is 36.7 Å². The summed E-state index contributed by atoms with van der Waals surface area (Å²) < 4.78 is 33.6. The lowest BCUT2D eigenvalue weighted by molar-refractivity contribution is -0.131. The molecule has 2 bridgehead atoms. The minimum absolute atomic E-state index is 0.251. The van der Waals surface area contributed by atoms with Crippen molar-refractivity contribution in [1.82, 2.24) is 9.97 Å². The number of aryl methyl sites for hydroxylation is 1. The van der Waals surface area contributed by atoms with E-state index in [0.717, 1.165) is 12.8 Å². The number of alkyl halides is 2. The van der Waals surface area contributed by atoms with Crippen molar-refractivity contribution in [3.8, 4) is 5.75 Å². The van der Waals surface area contributed by atoms with E-state index >= 15 is 0 Å². The van der Waals surface area contributed by atoms with Crippen molar-refractivity contribution in [3.63, 3.8) is 0 Å². The molecule has 0 radical (unpaired) electrons. The number of amides is 1. The minimum Gasteiger partial charge on any atom is -0.489 e. The van der Waals surface area contributed by atoms with E-state index in [1.165, 1.54) is 32.3 Å². The molecule has 2 aromatic rings. The average molecular weight is 402 g/mol. The van der Waals surface area contributed by atoms with E-state index in [4.69, 9.17) is 4.74 Å². The maximum Gasteiger partial charge on any atom is 0.287 e. The van der Waals surface area contributed by atoms with Gasteiger partial charge in [0.25, 0.3) is 5.92 Å². The highest BCUT2D eigenvalue weighted by Crippen LogP contribution is 2.64. The molecule has 6 nitrogen and oxygen atoms in total. The molecule has 0 atom stereocenters. The zero-order chi connectivity index (χ0) is 20.8. The molecule has 3 aliphatic rings. The van der Waals surface area contributed by atoms with E-state index in [-0.39, 0.29) is 17.0 Å². The molecule has 0 saturated heterocycles. The monoisotopic (exact) mass is 402 g/mol. The lowest BCUT2D eigenvalue weighted by Gasteiger charge is -2.61. The summed E-state index contributed by atoms with van der Waals surface area (Å²) in [5, 5.41) is 5.76. The molecule has 0 aromatic carbocycles. The van der Waals surface area contributed by atoms with Crippen molar-refractivity contribution >= 4 is 23.1 Å². The molecule has 0 spiro atoms. The Morgan fingerprint density at radius 2 is 2.03 bits per heavy atom. The Morgan fingerprint density at radius 3 is 2.62 bits per heavy atom. The van der Waals surface area contributed by atoms with Crippen molar-refractivity contribution in [3.05, 3.63) is 35.8 Å². The summed E-state index contributed by atoms with van der Waals surface area (Å²) >= 11 is 0. The van der Waals surface area contributed by atoms with E-state index in [9.17, 15) is 13.6 Å². The van der Waals surface area contributed by atoms with Gasteiger partial charge in [0.1, 0.15) is 11.5 Å². The second-order valence-corrected chi connectivity index (χ2v) is 8.41. The quantitative estimate of drug-likeness (QED) is 0.697. The number of aromatic nitrogens is 2. The molecular formula is C21H24F2N4O2. The van der Waals surface area contributed by atoms with Gasteiger partial charge < -0.3 is 15.4 Å². The van der Waals surface area contributed by atoms with Crippen LogP contribution in [-0.4, -0.2) is 22.5 Å². The Hall–Kier alpha value is -2.77. The molecule has 2 aromatic heterocycles. The van der Waals surface area contributed by atoms with Gasteiger partial charge in [0.2, 0.25) is 5.91 Å². The van der Waals surface area contributed by atoms with E-state index in [2.05, 4.69) is 20.6 Å². The number of nitrogens with zero attached hydrogens (tertiary/aromatic N) is 2. The SMILES string of the molecule is CC(=O)Nc1cc(Nc2cc(C)nc(C(C)(F)F)c2)c(OCC23CC(C2)C3)cn1. The van der Waals surface area contributed by atoms with Crippen molar-refractivity contribution in [2.45, 2.75) is 46.0 Å². The normalized spacial score (nSPS) is 22.3. The topological polar surface area (TPSA) is 76.1 Å². The minimum atomic E-state index is -3.05. The maximum atomic E-state index is 13.8. The Kier molecular flexibility index (Phi) is 4.67. The van der Waals surface area contributed by atoms with Gasteiger partial charge in [-0.2, -0.15) is 8.78 Å². The van der Waals surface area contributed by atoms with Crippen molar-refractivity contribution < 1.29 is 18.3 Å². The summed E-state index contributed by atoms with van der Waals surface area (Å²) in [7, 11) is 0. The molecular weight excluding hydrogens is 378 g/mol. The number of halogens is 2. The summed E-state index contributed by atoms with van der Waals surface area (Å²) in [5.74, 6) is -1.58. The highest BCUT2D eigenvalue weighted by molar-refractivity contribution is 5.88. The molecule has 3 saturated carbocycles. The molecule has 154 valence electrons. The first-order chi connectivity index (χ1) is 13.6. The molecule has 5 rings (SSSR count). The third kappa shape index (κ3) is 4.16. The van der Waals surface area contributed by atoms with Crippen LogP contribution in [0.5, 0.6) is 5.75 Å². The van der Waals surface area contributed by atoms with Crippen molar-refractivity contribution in [1.29, 1.82) is 0 Å². The molecule has 2 N–H and O–H groups in total. The largest absolute Gasteiger partial charge is 0.489 e. The molecule has 1 amide bonds. The number of rotatable bonds is 7. The highest BCUT2D eigenvalue weighted by Gasteiger charge is 2.56. The van der Waals surface area contributed by atoms with Gasteiger partial charge in [-0.15, -0.1) is 0 Å². The summed E-state index contributed by atoms with van der Waals surface area (Å²) in [5.41, 5.74) is 1.45. The molecule has 29 heavy (non-hydrogen) atoms. The van der Waals surface area contributed by atoms with E-state index in [1.807, 2.05) is 0 Å². The van der Waals surface area contributed by atoms with Crippen LogP contribution in [0, 0.1) is 18.3 Å². The van der Waals surface area contributed by atoms with Crippen molar-refractivity contribution in [2.24, 2.45) is 11.3 Å². The summed E-state index contributed by atoms with van der Waals surface area (Å²) in [6.07, 6.45) is 5.14. The Labute approximate surface area is 168 Å². The third-order valence-electron chi connectivity index (χ3n) is 5.55. The Morgan fingerprint density at radius 1 is 1.31 bits per heavy atom. The van der Waals surface area contributed by atoms with Gasteiger partial charge in [-0.1, -0.05) is 0 Å². The third-order valence-corrected chi connectivity index (χ3v) is 5.55. The van der Waals surface area contributed by atoms with Crippen LogP contribution in [0.1, 0.15) is 44.5 Å². The lowest BCUT2D eigenvalue weighted by Crippen LogP contribution is -2.55. The predicted octanol–water partition coefficient (Wildman–Crippen LogP) is 4.78. The average Bonchev–Trinajstić information content (AvgIpc) is 2.52. The van der Waals surface area contributed by atoms with Crippen LogP contribution in [0.25, 0.3) is 0 Å². The molecule has 3 aliphatic carbocycles. The molecule has 0 unspecified atom stereocenters. The van der Waals surface area contributed by atoms with E-state index in [0.29, 0.717) is 35.2 Å². The van der Waals surface area contributed by atoms with Crippen LogP contribution in [0.2, 0.25) is 0 Å². The Balaban J connectivity index is 1.60. The smallest absolute Gasteiger partial charge is 0.287 e. The Bertz CT molecular complexity index is 941. The van der Waals surface area contributed by atoms with Gasteiger partial charge in [-0.25, -0.2) is 4.98 Å². The van der Waals surface area contributed by atoms with E-state index in [1.54, 1.807) is 25.3 Å². The summed E-state index contributed by atoms with van der Waals surface area (Å²) in [4.78, 5) is 19.5. The van der Waals surface area contributed by atoms with Gasteiger partial charge in [0.05, 0.1) is 18.5 Å². The summed E-state index contributed by atoms with van der Waals surface area (Å²) in [6.45, 7) is 4.48. The fourth-order valence-corrected chi connectivity index (χ4v) is 4.09. The van der Waals surface area contributed by atoms with Crippen molar-refractivity contribution in [2.75, 3.05) is 17.2 Å². The fraction of sp³-hybridized carbons (Fsp3) is 0.476. The first-order valence-electron chi connectivity index (χ1n) is 9.66. The van der Waals surface area contributed by atoms with Gasteiger partial charge in [0.15, 0.2) is 5.75 Å². The zero-order valence-electron chi connectivity index (χ0n) is 16.7. The van der Waals surface area contributed by atoms with E-state index < -0.39 is 5.92 Å². The van der Waals surface area contributed by atoms with Gasteiger partial charge >= 0.3 is 0 Å². The molecule has 3 fully saturated rings. The number of nitrogens with one attached hydrogen (secondary N) is 2. The van der Waals surface area contributed by atoms with Crippen LogP contribution in [-0.2, 0) is 10.7 Å². The molecule has 8 heteroatoms. The predicted molar refractivity (Wildman–Crippen MR) is 106 cm³/mol. The van der Waals surface area contributed by atoms with Crippen LogP contribution in [0.4, 0.5) is 26.0 Å². The number of carbonyl (C=O) groups is 1. The fourth-order valence-electron chi connectivity index (χ4n) is 4.09. The molecule has 0 aliphatic heterocycles. The second-order valence-electron chi connectivity index (χ2n) is 8.41. The van der Waals surface area contributed by atoms with Crippen LogP contribution < -0.4 is 15.4 Å². The number of pyridine rings is 2. The standard InChI is InChI=1S/C21H24F2N4O2/c1-12-4-15(5-18(25-12)20(3,22)23)27-16-6-19(26-13(2)28)24-10-17(16)29-11-21-7-14(8-21)9-21/h4-6,10,14H,7-9,11H2,1-3H3,(H2,24,25,26,27,28). The number of carbonyl (C=O) groups excluding carboxylic acids is 1. The highest BCUT2D eigenvalue weighted by atomic mass is 19.3. The maximum absolute atomic E-state index is 13.8. The van der Waals surface area contributed by atoms with Crippen LogP contribution in [0.3, 0.4) is 0 Å². The molecule has 2 heterocycles. The number of ether oxygens (including phenoxy) is 1. The van der Waals surface area contributed by atoms with Crippen LogP contribution >= 0.6 is 0 Å². The first-order valence-corrected chi connectivity index (χ1v) is 9.66. The van der Waals surface area contributed by atoms with Gasteiger partial charge in [-0.3, -0.25) is 9.78 Å². The van der Waals surface area contributed by atoms with Crippen LogP contribution in [0.15, 0.2) is 24.4 Å². The second kappa shape index (κ2) is 6.93. The zero-order valence-corrected chi connectivity index (χ0v) is 16.7. The number of hydrogen-bond acceptors (Lipinski definition) is 5. The van der Waals surface area contributed by atoms with Gasteiger partial charge in [-0.05, 0) is 44.2 Å².